The van der Waals surface area contributed by atoms with Crippen LogP contribution in [0.4, 0.5) is 0 Å². The smallest absolute Gasteiger partial charge is 0.261 e. The minimum absolute atomic E-state index is 0.213. The Balaban J connectivity index is 1.35. The molecular weight excluding hydrogens is 600 g/mol. The molecule has 4 amide bonds. The van der Waals surface area contributed by atoms with Crippen molar-refractivity contribution in [1.82, 2.24) is 20.4 Å². The number of amides is 4. The maximum Gasteiger partial charge on any atom is 0.261 e. The summed E-state index contributed by atoms with van der Waals surface area (Å²) in [6.45, 7) is 9.16. The number of rotatable bonds is 10. The van der Waals surface area contributed by atoms with Crippen LogP contribution in [0.2, 0.25) is 0 Å². The molecule has 4 aliphatic rings. The average Bonchev–Trinajstić information content (AvgIpc) is 3.79. The summed E-state index contributed by atoms with van der Waals surface area (Å²) in [6.07, 6.45) is 3.41. The molecule has 0 saturated heterocycles. The lowest BCUT2D eigenvalue weighted by atomic mass is 9.98. The highest BCUT2D eigenvalue weighted by Gasteiger charge is 2.47. The van der Waals surface area contributed by atoms with E-state index >= 15 is 0 Å². The van der Waals surface area contributed by atoms with E-state index in [0.717, 1.165) is 47.9 Å². The van der Waals surface area contributed by atoms with Gasteiger partial charge in [-0.1, -0.05) is 105 Å². The molecule has 3 aromatic rings. The lowest BCUT2D eigenvalue weighted by Gasteiger charge is -2.22. The lowest BCUT2D eigenvalue weighted by molar-refractivity contribution is -0.123. The minimum atomic E-state index is -0.324. The SMILES string of the molecule is CCCCN1C(=O)C2=C(c3cccc(C4=C5C(=O)N(CCCC)C(c6ccc(C)cc6)=C5C(=O)N4)c3)NC(=O)C2=C1c1ccc(C)cc1. The van der Waals surface area contributed by atoms with Gasteiger partial charge in [-0.2, -0.15) is 0 Å². The van der Waals surface area contributed by atoms with E-state index in [0.29, 0.717) is 69.3 Å². The number of benzene rings is 3. The summed E-state index contributed by atoms with van der Waals surface area (Å²) in [6, 6.07) is 23.1. The molecule has 8 heteroatoms. The Morgan fingerprint density at radius 1 is 0.521 bits per heavy atom. The molecule has 0 aliphatic carbocycles. The Morgan fingerprint density at radius 2 is 0.917 bits per heavy atom. The van der Waals surface area contributed by atoms with Crippen molar-refractivity contribution in [2.45, 2.75) is 53.4 Å². The first kappa shape index (κ1) is 31.1. The van der Waals surface area contributed by atoms with Crippen LogP contribution < -0.4 is 10.6 Å². The molecule has 0 aromatic heterocycles. The Morgan fingerprint density at radius 3 is 1.29 bits per heavy atom. The Bertz CT molecular complexity index is 1890. The van der Waals surface area contributed by atoms with Gasteiger partial charge in [0, 0.05) is 13.1 Å². The van der Waals surface area contributed by atoms with Crippen molar-refractivity contribution in [3.05, 3.63) is 128 Å². The predicted molar refractivity (Wildman–Crippen MR) is 186 cm³/mol. The van der Waals surface area contributed by atoms with Crippen LogP contribution in [0.15, 0.2) is 95.1 Å². The van der Waals surface area contributed by atoms with Crippen LogP contribution in [0.25, 0.3) is 22.8 Å². The van der Waals surface area contributed by atoms with Gasteiger partial charge in [0.2, 0.25) is 0 Å². The van der Waals surface area contributed by atoms with Crippen LogP contribution in [0.1, 0.15) is 72.9 Å². The molecule has 0 atom stereocenters. The number of unbranched alkanes of at least 4 members (excludes halogenated alkanes) is 2. The van der Waals surface area contributed by atoms with E-state index in [2.05, 4.69) is 24.5 Å². The van der Waals surface area contributed by atoms with Gasteiger partial charge in [0.15, 0.2) is 0 Å². The first-order chi connectivity index (χ1) is 23.2. The molecule has 48 heavy (non-hydrogen) atoms. The van der Waals surface area contributed by atoms with E-state index in [1.165, 1.54) is 0 Å². The van der Waals surface area contributed by atoms with Gasteiger partial charge in [0.1, 0.15) is 0 Å². The van der Waals surface area contributed by atoms with Gasteiger partial charge in [-0.05, 0) is 55.0 Å². The molecule has 0 fully saturated rings. The van der Waals surface area contributed by atoms with Gasteiger partial charge < -0.3 is 20.4 Å². The number of aryl methyl sites for hydroxylation is 2. The predicted octanol–water partition coefficient (Wildman–Crippen LogP) is 6.09. The third-order valence-corrected chi connectivity index (χ3v) is 9.42. The summed E-state index contributed by atoms with van der Waals surface area (Å²) in [5.41, 5.74) is 8.61. The molecule has 7 rings (SSSR count). The van der Waals surface area contributed by atoms with Crippen molar-refractivity contribution in [2.75, 3.05) is 13.1 Å². The zero-order valence-corrected chi connectivity index (χ0v) is 27.7. The van der Waals surface area contributed by atoms with Gasteiger partial charge in [-0.15, -0.1) is 0 Å². The standard InChI is InChI=1S/C40H38N4O4/c1-5-7-20-43-35(25-16-12-23(3)13-17-25)31-29(39(43)47)33(41-37(31)45)27-10-9-11-28(22-27)34-30-32(38(46)42-34)36(26-18-14-24(4)15-19-26)44(40(30)48)21-8-6-2/h9-19,22H,5-8,20-21H2,1-4H3,(H,41,45)(H,42,46). The molecule has 2 N–H and O–H groups in total. The van der Waals surface area contributed by atoms with Gasteiger partial charge >= 0.3 is 0 Å². The Hall–Kier alpha value is -5.50. The maximum atomic E-state index is 14.1. The number of carbonyl (C=O) groups excluding carboxylic acids is 4. The van der Waals surface area contributed by atoms with E-state index in [1.807, 2.05) is 86.6 Å². The second-order valence-corrected chi connectivity index (χ2v) is 12.8. The van der Waals surface area contributed by atoms with Crippen LogP contribution in [0.5, 0.6) is 0 Å². The quantitative estimate of drug-likeness (QED) is 0.281. The van der Waals surface area contributed by atoms with E-state index in [1.54, 1.807) is 9.80 Å². The van der Waals surface area contributed by atoms with E-state index < -0.39 is 0 Å². The zero-order chi connectivity index (χ0) is 33.7. The van der Waals surface area contributed by atoms with Crippen molar-refractivity contribution in [3.8, 4) is 0 Å². The van der Waals surface area contributed by atoms with Crippen LogP contribution in [-0.4, -0.2) is 46.5 Å². The molecule has 8 nitrogen and oxygen atoms in total. The van der Waals surface area contributed by atoms with Crippen molar-refractivity contribution in [1.29, 1.82) is 0 Å². The normalized spacial score (nSPS) is 17.3. The first-order valence-corrected chi connectivity index (χ1v) is 16.7. The number of nitrogens with one attached hydrogen (secondary N) is 2. The van der Waals surface area contributed by atoms with Gasteiger partial charge in [0.05, 0.1) is 45.1 Å². The van der Waals surface area contributed by atoms with Crippen molar-refractivity contribution in [2.24, 2.45) is 0 Å². The number of carbonyl (C=O) groups is 4. The molecule has 242 valence electrons. The third kappa shape index (κ3) is 4.99. The second-order valence-electron chi connectivity index (χ2n) is 12.8. The van der Waals surface area contributed by atoms with Crippen LogP contribution in [0.3, 0.4) is 0 Å². The summed E-state index contributed by atoms with van der Waals surface area (Å²) >= 11 is 0. The minimum Gasteiger partial charge on any atom is -0.321 e. The van der Waals surface area contributed by atoms with E-state index in [4.69, 9.17) is 0 Å². The Kier molecular flexibility index (Phi) is 7.95. The molecule has 4 heterocycles. The molecule has 0 spiro atoms. The number of fused-ring (bicyclic) bond motifs is 2. The summed E-state index contributed by atoms with van der Waals surface area (Å²) in [7, 11) is 0. The molecular formula is C40H38N4O4. The van der Waals surface area contributed by atoms with Gasteiger partial charge in [0.25, 0.3) is 23.6 Å². The number of hydrogen-bond acceptors (Lipinski definition) is 4. The average molecular weight is 639 g/mol. The molecule has 4 aliphatic heterocycles. The van der Waals surface area contributed by atoms with Crippen LogP contribution in [-0.2, 0) is 19.2 Å². The van der Waals surface area contributed by atoms with Crippen LogP contribution >= 0.6 is 0 Å². The van der Waals surface area contributed by atoms with Crippen LogP contribution in [0, 0.1) is 13.8 Å². The zero-order valence-electron chi connectivity index (χ0n) is 27.7. The van der Waals surface area contributed by atoms with E-state index in [9.17, 15) is 19.2 Å². The summed E-state index contributed by atoms with van der Waals surface area (Å²) in [4.78, 5) is 58.9. The molecule has 0 unspecified atom stereocenters. The van der Waals surface area contributed by atoms with Gasteiger partial charge in [-0.3, -0.25) is 19.2 Å². The first-order valence-electron chi connectivity index (χ1n) is 16.7. The van der Waals surface area contributed by atoms with Gasteiger partial charge in [-0.25, -0.2) is 0 Å². The largest absolute Gasteiger partial charge is 0.321 e. The topological polar surface area (TPSA) is 98.8 Å². The maximum absolute atomic E-state index is 14.1. The highest BCUT2D eigenvalue weighted by atomic mass is 16.2. The monoisotopic (exact) mass is 638 g/mol. The summed E-state index contributed by atoms with van der Waals surface area (Å²) in [5.74, 6) is -1.08. The number of nitrogens with zero attached hydrogens (tertiary/aromatic N) is 2. The fourth-order valence-electron chi connectivity index (χ4n) is 6.92. The molecule has 0 radical (unpaired) electrons. The van der Waals surface area contributed by atoms with Crippen molar-refractivity contribution < 1.29 is 19.2 Å². The Labute approximate surface area is 280 Å². The molecule has 3 aromatic carbocycles. The van der Waals surface area contributed by atoms with Crippen molar-refractivity contribution >= 4 is 46.4 Å². The fourth-order valence-corrected chi connectivity index (χ4v) is 6.92. The second kappa shape index (κ2) is 12.3. The summed E-state index contributed by atoms with van der Waals surface area (Å²) in [5, 5.41) is 5.97. The molecule has 0 bridgehead atoms. The highest BCUT2D eigenvalue weighted by Crippen LogP contribution is 2.45. The van der Waals surface area contributed by atoms with E-state index in [-0.39, 0.29) is 23.6 Å². The molecule has 0 saturated carbocycles. The highest BCUT2D eigenvalue weighted by molar-refractivity contribution is 6.31. The third-order valence-electron chi connectivity index (χ3n) is 9.42. The lowest BCUT2D eigenvalue weighted by Crippen LogP contribution is -2.28. The van der Waals surface area contributed by atoms with Crippen molar-refractivity contribution in [3.63, 3.8) is 0 Å². The fraction of sp³-hybridized carbons (Fsp3) is 0.250. The summed E-state index contributed by atoms with van der Waals surface area (Å²) < 4.78 is 0. The number of hydrogen-bond donors (Lipinski definition) is 2.